The molecule has 0 saturated heterocycles. The lowest BCUT2D eigenvalue weighted by Crippen LogP contribution is -2.35. The summed E-state index contributed by atoms with van der Waals surface area (Å²) < 4.78 is 0. The standard InChI is InChI=1S/C17H19N3O2/c1-12(11-17(22)18-2)19-16(21)10-9-14-8-7-13-5-3-4-6-15(13)20-14/h3-10,12H,11H2,1-2H3,(H,18,22)(H,19,21)/b10-9+. The third-order valence-corrected chi connectivity index (χ3v) is 3.18. The zero-order valence-corrected chi connectivity index (χ0v) is 12.7. The van der Waals surface area contributed by atoms with Crippen molar-refractivity contribution in [3.63, 3.8) is 0 Å². The number of rotatable bonds is 5. The predicted octanol–water partition coefficient (Wildman–Crippen LogP) is 1.89. The molecular formula is C17H19N3O2. The Bertz CT molecular complexity index is 710. The third kappa shape index (κ3) is 4.41. The molecule has 0 radical (unpaired) electrons. The van der Waals surface area contributed by atoms with Gasteiger partial charge in [-0.3, -0.25) is 9.59 Å². The van der Waals surface area contributed by atoms with Gasteiger partial charge >= 0.3 is 0 Å². The molecule has 0 bridgehead atoms. The first-order chi connectivity index (χ1) is 10.6. The van der Waals surface area contributed by atoms with Crippen molar-refractivity contribution in [2.45, 2.75) is 19.4 Å². The van der Waals surface area contributed by atoms with Gasteiger partial charge < -0.3 is 10.6 Å². The Balaban J connectivity index is 1.97. The summed E-state index contributed by atoms with van der Waals surface area (Å²) in [6.07, 6.45) is 3.34. The van der Waals surface area contributed by atoms with E-state index in [2.05, 4.69) is 15.6 Å². The van der Waals surface area contributed by atoms with Crippen LogP contribution >= 0.6 is 0 Å². The van der Waals surface area contributed by atoms with E-state index in [9.17, 15) is 9.59 Å². The Morgan fingerprint density at radius 3 is 2.77 bits per heavy atom. The number of hydrogen-bond donors (Lipinski definition) is 2. The zero-order valence-electron chi connectivity index (χ0n) is 12.7. The molecule has 0 fully saturated rings. The number of hydrogen-bond acceptors (Lipinski definition) is 3. The van der Waals surface area contributed by atoms with Gasteiger partial charge in [-0.05, 0) is 25.1 Å². The first kappa shape index (κ1) is 15.7. The normalized spacial score (nSPS) is 12.3. The number of pyridine rings is 1. The highest BCUT2D eigenvalue weighted by molar-refractivity contribution is 5.92. The van der Waals surface area contributed by atoms with Crippen LogP contribution in [0.5, 0.6) is 0 Å². The van der Waals surface area contributed by atoms with Gasteiger partial charge in [0.1, 0.15) is 0 Å². The molecule has 1 heterocycles. The van der Waals surface area contributed by atoms with Crippen LogP contribution in [0.3, 0.4) is 0 Å². The maximum absolute atomic E-state index is 11.8. The molecule has 1 aromatic carbocycles. The fourth-order valence-electron chi connectivity index (χ4n) is 2.06. The minimum Gasteiger partial charge on any atom is -0.359 e. The average Bonchev–Trinajstić information content (AvgIpc) is 2.52. The Morgan fingerprint density at radius 1 is 1.23 bits per heavy atom. The van der Waals surface area contributed by atoms with E-state index >= 15 is 0 Å². The molecule has 1 unspecified atom stereocenters. The number of nitrogens with zero attached hydrogens (tertiary/aromatic N) is 1. The lowest BCUT2D eigenvalue weighted by Gasteiger charge is -2.10. The van der Waals surface area contributed by atoms with Crippen LogP contribution in [0.15, 0.2) is 42.5 Å². The van der Waals surface area contributed by atoms with Crippen LogP contribution in [0.2, 0.25) is 0 Å². The summed E-state index contributed by atoms with van der Waals surface area (Å²) in [5.41, 5.74) is 1.60. The van der Waals surface area contributed by atoms with E-state index < -0.39 is 0 Å². The van der Waals surface area contributed by atoms with E-state index in [1.54, 1.807) is 20.0 Å². The second kappa shape index (κ2) is 7.36. The summed E-state index contributed by atoms with van der Waals surface area (Å²) in [4.78, 5) is 27.5. The Kier molecular flexibility index (Phi) is 5.25. The van der Waals surface area contributed by atoms with E-state index in [-0.39, 0.29) is 24.3 Å². The van der Waals surface area contributed by atoms with Crippen LogP contribution in [0.4, 0.5) is 0 Å². The third-order valence-electron chi connectivity index (χ3n) is 3.18. The molecule has 0 spiro atoms. The number of fused-ring (bicyclic) bond motifs is 1. The second-order valence-corrected chi connectivity index (χ2v) is 5.05. The Hall–Kier alpha value is -2.69. The Labute approximate surface area is 129 Å². The molecule has 2 aromatic rings. The summed E-state index contributed by atoms with van der Waals surface area (Å²) in [6.45, 7) is 1.79. The van der Waals surface area contributed by atoms with Crippen LogP contribution in [0.25, 0.3) is 17.0 Å². The molecule has 22 heavy (non-hydrogen) atoms. The molecule has 5 heteroatoms. The largest absolute Gasteiger partial charge is 0.359 e. The van der Waals surface area contributed by atoms with Crippen molar-refractivity contribution in [3.8, 4) is 0 Å². The first-order valence-electron chi connectivity index (χ1n) is 7.13. The smallest absolute Gasteiger partial charge is 0.244 e. The van der Waals surface area contributed by atoms with Gasteiger partial charge in [0, 0.05) is 31.0 Å². The van der Waals surface area contributed by atoms with Gasteiger partial charge in [0.25, 0.3) is 0 Å². The maximum atomic E-state index is 11.8. The van der Waals surface area contributed by atoms with Crippen LogP contribution in [0, 0.1) is 0 Å². The topological polar surface area (TPSA) is 71.1 Å². The Morgan fingerprint density at radius 2 is 2.00 bits per heavy atom. The van der Waals surface area contributed by atoms with Gasteiger partial charge in [-0.15, -0.1) is 0 Å². The number of para-hydroxylation sites is 1. The highest BCUT2D eigenvalue weighted by Crippen LogP contribution is 2.12. The molecular weight excluding hydrogens is 278 g/mol. The van der Waals surface area contributed by atoms with Crippen molar-refractivity contribution in [2.24, 2.45) is 0 Å². The van der Waals surface area contributed by atoms with Crippen molar-refractivity contribution in [1.82, 2.24) is 15.6 Å². The molecule has 114 valence electrons. The van der Waals surface area contributed by atoms with E-state index in [0.717, 1.165) is 10.9 Å². The number of carbonyl (C=O) groups is 2. The fraction of sp³-hybridized carbons (Fsp3) is 0.235. The van der Waals surface area contributed by atoms with E-state index in [0.29, 0.717) is 5.69 Å². The van der Waals surface area contributed by atoms with Crippen LogP contribution < -0.4 is 10.6 Å². The molecule has 2 rings (SSSR count). The molecule has 0 aliphatic heterocycles. The number of benzene rings is 1. The van der Waals surface area contributed by atoms with E-state index in [4.69, 9.17) is 0 Å². The van der Waals surface area contributed by atoms with Gasteiger partial charge in [-0.25, -0.2) is 4.98 Å². The van der Waals surface area contributed by atoms with Crippen molar-refractivity contribution in [3.05, 3.63) is 48.2 Å². The summed E-state index contributed by atoms with van der Waals surface area (Å²) in [5, 5.41) is 6.32. The van der Waals surface area contributed by atoms with Gasteiger partial charge in [0.15, 0.2) is 0 Å². The van der Waals surface area contributed by atoms with Crippen molar-refractivity contribution in [1.29, 1.82) is 0 Å². The van der Waals surface area contributed by atoms with Crippen LogP contribution in [-0.2, 0) is 9.59 Å². The second-order valence-electron chi connectivity index (χ2n) is 5.05. The molecule has 0 saturated carbocycles. The molecule has 5 nitrogen and oxygen atoms in total. The molecule has 1 atom stereocenters. The summed E-state index contributed by atoms with van der Waals surface area (Å²) in [7, 11) is 1.57. The molecule has 0 aliphatic rings. The molecule has 1 aromatic heterocycles. The number of aromatic nitrogens is 1. The van der Waals surface area contributed by atoms with Crippen molar-refractivity contribution in [2.75, 3.05) is 7.05 Å². The minimum absolute atomic E-state index is 0.104. The van der Waals surface area contributed by atoms with Gasteiger partial charge in [0.2, 0.25) is 11.8 Å². The van der Waals surface area contributed by atoms with Crippen LogP contribution in [0.1, 0.15) is 19.0 Å². The van der Waals surface area contributed by atoms with E-state index in [1.165, 1.54) is 6.08 Å². The summed E-state index contributed by atoms with van der Waals surface area (Å²) >= 11 is 0. The highest BCUT2D eigenvalue weighted by Gasteiger charge is 2.08. The molecule has 2 N–H and O–H groups in total. The zero-order chi connectivity index (χ0) is 15.9. The highest BCUT2D eigenvalue weighted by atomic mass is 16.2. The maximum Gasteiger partial charge on any atom is 0.244 e. The van der Waals surface area contributed by atoms with Gasteiger partial charge in [0.05, 0.1) is 11.2 Å². The summed E-state index contributed by atoms with van der Waals surface area (Å²) in [5.74, 6) is -0.348. The number of nitrogens with one attached hydrogen (secondary N) is 2. The fourth-order valence-corrected chi connectivity index (χ4v) is 2.06. The van der Waals surface area contributed by atoms with Gasteiger partial charge in [-0.2, -0.15) is 0 Å². The quantitative estimate of drug-likeness (QED) is 0.828. The van der Waals surface area contributed by atoms with Crippen molar-refractivity contribution < 1.29 is 9.59 Å². The van der Waals surface area contributed by atoms with Crippen molar-refractivity contribution >= 4 is 28.8 Å². The molecule has 0 aliphatic carbocycles. The first-order valence-corrected chi connectivity index (χ1v) is 7.13. The predicted molar refractivity (Wildman–Crippen MR) is 87.1 cm³/mol. The van der Waals surface area contributed by atoms with E-state index in [1.807, 2.05) is 36.4 Å². The average molecular weight is 297 g/mol. The number of carbonyl (C=O) groups excluding carboxylic acids is 2. The summed E-state index contributed by atoms with van der Waals surface area (Å²) in [6, 6.07) is 11.4. The lowest BCUT2D eigenvalue weighted by molar-refractivity contribution is -0.121. The number of amides is 2. The van der Waals surface area contributed by atoms with Crippen LogP contribution in [-0.4, -0.2) is 29.9 Å². The minimum atomic E-state index is -0.244. The SMILES string of the molecule is CNC(=O)CC(C)NC(=O)/C=C/c1ccc2ccccc2n1. The monoisotopic (exact) mass is 297 g/mol. The lowest BCUT2D eigenvalue weighted by atomic mass is 10.2. The molecule has 2 amide bonds. The van der Waals surface area contributed by atoms with Gasteiger partial charge in [-0.1, -0.05) is 24.3 Å².